The highest BCUT2D eigenvalue weighted by Gasteiger charge is 2.22. The SMILES string of the molecule is CC(C)N(Cc1ccccc1)C(=O)COC(=O)c1c(Cl)ccc(Cl)c1Cl. The zero-order chi connectivity index (χ0) is 19.3. The van der Waals surface area contributed by atoms with Crippen molar-refractivity contribution in [3.63, 3.8) is 0 Å². The Balaban J connectivity index is 2.06. The highest BCUT2D eigenvalue weighted by Crippen LogP contribution is 2.31. The Hall–Kier alpha value is -1.75. The van der Waals surface area contributed by atoms with Gasteiger partial charge in [-0.3, -0.25) is 4.79 Å². The van der Waals surface area contributed by atoms with Crippen molar-refractivity contribution >= 4 is 46.7 Å². The summed E-state index contributed by atoms with van der Waals surface area (Å²) in [7, 11) is 0. The Bertz CT molecular complexity index is 794. The Morgan fingerprint density at radius 1 is 1.00 bits per heavy atom. The number of amides is 1. The molecule has 0 aromatic heterocycles. The lowest BCUT2D eigenvalue weighted by molar-refractivity contribution is -0.136. The van der Waals surface area contributed by atoms with Crippen LogP contribution in [0.3, 0.4) is 0 Å². The Morgan fingerprint density at radius 2 is 1.62 bits per heavy atom. The molecule has 26 heavy (non-hydrogen) atoms. The minimum absolute atomic E-state index is 0.00150. The Labute approximate surface area is 167 Å². The molecule has 7 heteroatoms. The van der Waals surface area contributed by atoms with Gasteiger partial charge in [-0.25, -0.2) is 4.79 Å². The van der Waals surface area contributed by atoms with Gasteiger partial charge in [-0.05, 0) is 31.5 Å². The third kappa shape index (κ3) is 5.13. The van der Waals surface area contributed by atoms with Gasteiger partial charge in [0.15, 0.2) is 6.61 Å². The molecule has 0 bridgehead atoms. The second-order valence-electron chi connectivity index (χ2n) is 5.90. The first-order chi connectivity index (χ1) is 12.3. The van der Waals surface area contributed by atoms with Crippen molar-refractivity contribution < 1.29 is 14.3 Å². The van der Waals surface area contributed by atoms with Gasteiger partial charge in [0.05, 0.1) is 20.6 Å². The molecule has 0 saturated heterocycles. The monoisotopic (exact) mass is 413 g/mol. The number of benzene rings is 2. The van der Waals surface area contributed by atoms with Crippen molar-refractivity contribution in [3.8, 4) is 0 Å². The van der Waals surface area contributed by atoms with Crippen LogP contribution in [-0.2, 0) is 16.1 Å². The molecule has 1 amide bonds. The van der Waals surface area contributed by atoms with Crippen molar-refractivity contribution in [1.29, 1.82) is 0 Å². The average molecular weight is 415 g/mol. The number of ether oxygens (including phenoxy) is 1. The van der Waals surface area contributed by atoms with Gasteiger partial charge in [-0.2, -0.15) is 0 Å². The third-order valence-electron chi connectivity index (χ3n) is 3.71. The average Bonchev–Trinajstić information content (AvgIpc) is 2.61. The maximum Gasteiger partial charge on any atom is 0.341 e. The number of carbonyl (C=O) groups excluding carboxylic acids is 2. The number of hydrogen-bond acceptors (Lipinski definition) is 3. The molecule has 2 aromatic carbocycles. The van der Waals surface area contributed by atoms with Crippen molar-refractivity contribution in [3.05, 3.63) is 68.7 Å². The normalized spacial score (nSPS) is 10.7. The first-order valence-electron chi connectivity index (χ1n) is 7.95. The molecule has 0 spiro atoms. The zero-order valence-electron chi connectivity index (χ0n) is 14.3. The van der Waals surface area contributed by atoms with Gasteiger partial charge >= 0.3 is 5.97 Å². The first kappa shape index (κ1) is 20.6. The first-order valence-corrected chi connectivity index (χ1v) is 9.08. The second kappa shape index (κ2) is 9.26. The van der Waals surface area contributed by atoms with Gasteiger partial charge in [-0.15, -0.1) is 0 Å². The van der Waals surface area contributed by atoms with Crippen LogP contribution in [0.2, 0.25) is 15.1 Å². The fourth-order valence-electron chi connectivity index (χ4n) is 2.34. The third-order valence-corrected chi connectivity index (χ3v) is 4.83. The molecule has 0 atom stereocenters. The van der Waals surface area contributed by atoms with E-state index in [4.69, 9.17) is 39.5 Å². The number of esters is 1. The predicted octanol–water partition coefficient (Wildman–Crippen LogP) is 5.24. The summed E-state index contributed by atoms with van der Waals surface area (Å²) in [4.78, 5) is 26.4. The van der Waals surface area contributed by atoms with E-state index in [2.05, 4.69) is 0 Å². The van der Waals surface area contributed by atoms with Gasteiger partial charge < -0.3 is 9.64 Å². The quantitative estimate of drug-likeness (QED) is 0.479. The molecular formula is C19H18Cl3NO3. The summed E-state index contributed by atoms with van der Waals surface area (Å²) < 4.78 is 5.12. The Morgan fingerprint density at radius 3 is 2.23 bits per heavy atom. The van der Waals surface area contributed by atoms with Crippen molar-refractivity contribution in [2.24, 2.45) is 0 Å². The van der Waals surface area contributed by atoms with Gasteiger partial charge in [0.1, 0.15) is 0 Å². The summed E-state index contributed by atoms with van der Waals surface area (Å²) in [6.07, 6.45) is 0. The molecule has 2 rings (SSSR count). The van der Waals surface area contributed by atoms with E-state index in [-0.39, 0.29) is 32.6 Å². The molecule has 0 radical (unpaired) electrons. The van der Waals surface area contributed by atoms with Gasteiger partial charge in [0.25, 0.3) is 5.91 Å². The summed E-state index contributed by atoms with van der Waals surface area (Å²) >= 11 is 17.9. The maximum atomic E-state index is 12.5. The van der Waals surface area contributed by atoms with Crippen LogP contribution in [0.4, 0.5) is 0 Å². The molecule has 0 aliphatic heterocycles. The lowest BCUT2D eigenvalue weighted by atomic mass is 10.2. The predicted molar refractivity (Wildman–Crippen MR) is 104 cm³/mol. The maximum absolute atomic E-state index is 12.5. The van der Waals surface area contributed by atoms with E-state index in [1.807, 2.05) is 44.2 Å². The number of carbonyl (C=O) groups is 2. The van der Waals surface area contributed by atoms with Crippen LogP contribution >= 0.6 is 34.8 Å². The number of rotatable bonds is 6. The summed E-state index contributed by atoms with van der Waals surface area (Å²) in [6, 6.07) is 12.5. The van der Waals surface area contributed by atoms with E-state index in [1.54, 1.807) is 4.90 Å². The fourth-order valence-corrected chi connectivity index (χ4v) is 3.02. The molecule has 0 aliphatic rings. The second-order valence-corrected chi connectivity index (χ2v) is 7.09. The Kier molecular flexibility index (Phi) is 7.33. The summed E-state index contributed by atoms with van der Waals surface area (Å²) in [5, 5.41) is 0.297. The van der Waals surface area contributed by atoms with Crippen LogP contribution in [0.25, 0.3) is 0 Å². The molecule has 0 aliphatic carbocycles. The minimum atomic E-state index is -0.792. The van der Waals surface area contributed by atoms with Crippen LogP contribution < -0.4 is 0 Å². The van der Waals surface area contributed by atoms with Crippen LogP contribution in [0.15, 0.2) is 42.5 Å². The van der Waals surface area contributed by atoms with Crippen molar-refractivity contribution in [2.45, 2.75) is 26.4 Å². The van der Waals surface area contributed by atoms with Crippen LogP contribution in [0, 0.1) is 0 Å². The summed E-state index contributed by atoms with van der Waals surface area (Å²) in [5.41, 5.74) is 0.939. The summed E-state index contributed by atoms with van der Waals surface area (Å²) in [6.45, 7) is 3.80. The number of hydrogen-bond donors (Lipinski definition) is 0. The van der Waals surface area contributed by atoms with Crippen molar-refractivity contribution in [2.75, 3.05) is 6.61 Å². The highest BCUT2D eigenvalue weighted by atomic mass is 35.5. The van der Waals surface area contributed by atoms with E-state index in [0.29, 0.717) is 6.54 Å². The molecule has 4 nitrogen and oxygen atoms in total. The van der Waals surface area contributed by atoms with Crippen LogP contribution in [0.1, 0.15) is 29.8 Å². The van der Waals surface area contributed by atoms with E-state index < -0.39 is 12.6 Å². The molecule has 0 saturated carbocycles. The summed E-state index contributed by atoms with van der Waals surface area (Å²) in [5.74, 6) is -1.11. The molecule has 0 unspecified atom stereocenters. The van der Waals surface area contributed by atoms with Gasteiger partial charge in [-0.1, -0.05) is 65.1 Å². The van der Waals surface area contributed by atoms with Crippen LogP contribution in [-0.4, -0.2) is 29.4 Å². The zero-order valence-corrected chi connectivity index (χ0v) is 16.6. The van der Waals surface area contributed by atoms with E-state index in [0.717, 1.165) is 5.56 Å². The standard InChI is InChI=1S/C19H18Cl3NO3/c1-12(2)23(10-13-6-4-3-5-7-13)16(24)11-26-19(25)17-14(20)8-9-15(21)18(17)22/h3-9,12H,10-11H2,1-2H3. The number of nitrogens with zero attached hydrogens (tertiary/aromatic N) is 1. The van der Waals surface area contributed by atoms with Crippen LogP contribution in [0.5, 0.6) is 0 Å². The molecule has 2 aromatic rings. The van der Waals surface area contributed by atoms with E-state index >= 15 is 0 Å². The number of halogens is 3. The molecular weight excluding hydrogens is 397 g/mol. The topological polar surface area (TPSA) is 46.6 Å². The molecule has 0 heterocycles. The molecule has 138 valence electrons. The minimum Gasteiger partial charge on any atom is -0.452 e. The van der Waals surface area contributed by atoms with Gasteiger partial charge in [0, 0.05) is 12.6 Å². The highest BCUT2D eigenvalue weighted by molar-refractivity contribution is 6.46. The molecule has 0 fully saturated rings. The smallest absolute Gasteiger partial charge is 0.341 e. The van der Waals surface area contributed by atoms with E-state index in [9.17, 15) is 9.59 Å². The lowest BCUT2D eigenvalue weighted by Gasteiger charge is -2.26. The van der Waals surface area contributed by atoms with Crippen molar-refractivity contribution in [1.82, 2.24) is 4.90 Å². The molecule has 0 N–H and O–H groups in total. The largest absolute Gasteiger partial charge is 0.452 e. The fraction of sp³-hybridized carbons (Fsp3) is 0.263. The van der Waals surface area contributed by atoms with E-state index in [1.165, 1.54) is 12.1 Å². The van der Waals surface area contributed by atoms with Gasteiger partial charge in [0.2, 0.25) is 0 Å². The lowest BCUT2D eigenvalue weighted by Crippen LogP contribution is -2.39.